The highest BCUT2D eigenvalue weighted by Crippen LogP contribution is 2.16. The quantitative estimate of drug-likeness (QED) is 0.596. The smallest absolute Gasteiger partial charge is 0.0193 e. The molecule has 0 spiro atoms. The number of hydrogen-bond donors (Lipinski definition) is 0. The first-order valence-electron chi connectivity index (χ1n) is 3.89. The molecule has 1 aromatic carbocycles. The van der Waals surface area contributed by atoms with Gasteiger partial charge in [0.1, 0.15) is 0 Å². The molecule has 1 atom stereocenters. The highest BCUT2D eigenvalue weighted by molar-refractivity contribution is 5.18. The summed E-state index contributed by atoms with van der Waals surface area (Å²) in [6, 6.07) is 10.6. The van der Waals surface area contributed by atoms with Crippen molar-refractivity contribution in [2.24, 2.45) is 0 Å². The van der Waals surface area contributed by atoms with Gasteiger partial charge >= 0.3 is 0 Å². The maximum absolute atomic E-state index is 2.26. The molecule has 0 aromatic heterocycles. The predicted molar refractivity (Wildman–Crippen MR) is 65.3 cm³/mol. The molecule has 1 rings (SSSR count). The van der Waals surface area contributed by atoms with Crippen LogP contribution < -0.4 is 0 Å². The Balaban J connectivity index is -0.000000333. The number of hydrogen-bond acceptors (Lipinski definition) is 0. The fourth-order valence-corrected chi connectivity index (χ4v) is 1.02. The van der Waals surface area contributed by atoms with Crippen molar-refractivity contribution in [1.82, 2.24) is 0 Å². The molecule has 0 fully saturated rings. The molecule has 0 aliphatic rings. The summed E-state index contributed by atoms with van der Waals surface area (Å²) in [5, 5.41) is 0. The Labute approximate surface area is 85.0 Å². The van der Waals surface area contributed by atoms with E-state index >= 15 is 0 Å². The van der Waals surface area contributed by atoms with Gasteiger partial charge in [-0.3, -0.25) is 0 Å². The van der Waals surface area contributed by atoms with Crippen LogP contribution in [-0.4, -0.2) is 0 Å². The van der Waals surface area contributed by atoms with E-state index in [0.29, 0.717) is 5.92 Å². The number of benzene rings is 1. The van der Waals surface area contributed by atoms with Crippen LogP contribution in [-0.2, 0) is 0 Å². The Morgan fingerprint density at radius 2 is 1.46 bits per heavy atom. The standard InChI is InChI=1S/C10H14.3CH4/c1-3-9(2)10-7-5-4-6-8-10;;;/h4-9H,3H2,1-2H3;3*1H4. The zero-order valence-electron chi connectivity index (χ0n) is 6.67. The lowest BCUT2D eigenvalue weighted by Crippen LogP contribution is -1.88. The summed E-state index contributed by atoms with van der Waals surface area (Å²) in [6.45, 7) is 4.48. The van der Waals surface area contributed by atoms with E-state index in [1.54, 1.807) is 0 Å². The zero-order valence-corrected chi connectivity index (χ0v) is 6.67. The fraction of sp³-hybridized carbons (Fsp3) is 0.538. The Kier molecular flexibility index (Phi) is 13.0. The predicted octanol–water partition coefficient (Wildman–Crippen LogP) is 5.11. The Hall–Kier alpha value is -0.780. The van der Waals surface area contributed by atoms with Crippen molar-refractivity contribution in [2.75, 3.05) is 0 Å². The molecule has 1 aromatic rings. The van der Waals surface area contributed by atoms with Crippen LogP contribution in [0.2, 0.25) is 0 Å². The summed E-state index contributed by atoms with van der Waals surface area (Å²) in [5.74, 6) is 0.709. The Morgan fingerprint density at radius 3 is 1.85 bits per heavy atom. The van der Waals surface area contributed by atoms with Gasteiger partial charge < -0.3 is 0 Å². The molecule has 0 heteroatoms. The molecule has 0 aliphatic heterocycles. The van der Waals surface area contributed by atoms with Gasteiger partial charge in [0.15, 0.2) is 0 Å². The van der Waals surface area contributed by atoms with Crippen LogP contribution in [0.5, 0.6) is 0 Å². The first-order valence-corrected chi connectivity index (χ1v) is 3.89. The van der Waals surface area contributed by atoms with E-state index in [1.807, 2.05) is 0 Å². The van der Waals surface area contributed by atoms with Gasteiger partial charge in [0.25, 0.3) is 0 Å². The summed E-state index contributed by atoms with van der Waals surface area (Å²) < 4.78 is 0. The van der Waals surface area contributed by atoms with Gasteiger partial charge in [0.05, 0.1) is 0 Å². The van der Waals surface area contributed by atoms with E-state index < -0.39 is 0 Å². The van der Waals surface area contributed by atoms with E-state index in [-0.39, 0.29) is 22.3 Å². The Morgan fingerprint density at radius 1 is 1.00 bits per heavy atom. The molecule has 0 amide bonds. The third-order valence-electron chi connectivity index (χ3n) is 1.98. The second-order valence-electron chi connectivity index (χ2n) is 2.72. The van der Waals surface area contributed by atoms with Crippen LogP contribution in [0, 0.1) is 0 Å². The second kappa shape index (κ2) is 9.31. The lowest BCUT2D eigenvalue weighted by Gasteiger charge is -2.06. The normalized spacial score (nSPS) is 10.0. The molecular weight excluding hydrogens is 156 g/mol. The molecular formula is C13H26. The van der Waals surface area contributed by atoms with Crippen molar-refractivity contribution < 1.29 is 0 Å². The maximum Gasteiger partial charge on any atom is -0.0193 e. The van der Waals surface area contributed by atoms with Gasteiger partial charge in [-0.15, -0.1) is 0 Å². The van der Waals surface area contributed by atoms with E-state index in [2.05, 4.69) is 44.2 Å². The van der Waals surface area contributed by atoms with Crippen LogP contribution >= 0.6 is 0 Å². The van der Waals surface area contributed by atoms with Crippen LogP contribution in [0.3, 0.4) is 0 Å². The third-order valence-corrected chi connectivity index (χ3v) is 1.98. The monoisotopic (exact) mass is 182 g/mol. The van der Waals surface area contributed by atoms with E-state index in [0.717, 1.165) is 0 Å². The highest BCUT2D eigenvalue weighted by atomic mass is 14.0. The minimum absolute atomic E-state index is 0. The minimum atomic E-state index is 0. The number of rotatable bonds is 2. The molecule has 0 radical (unpaired) electrons. The third kappa shape index (κ3) is 5.46. The lowest BCUT2D eigenvalue weighted by molar-refractivity contribution is 0.733. The maximum atomic E-state index is 2.26. The molecule has 0 nitrogen and oxygen atoms in total. The van der Waals surface area contributed by atoms with Crippen LogP contribution in [0.1, 0.15) is 54.0 Å². The van der Waals surface area contributed by atoms with Crippen LogP contribution in [0.15, 0.2) is 30.3 Å². The second-order valence-corrected chi connectivity index (χ2v) is 2.72. The minimum Gasteiger partial charge on any atom is -0.0776 e. The van der Waals surface area contributed by atoms with Gasteiger partial charge in [0, 0.05) is 0 Å². The largest absolute Gasteiger partial charge is 0.0776 e. The molecule has 1 unspecified atom stereocenters. The summed E-state index contributed by atoms with van der Waals surface area (Å²) in [4.78, 5) is 0. The van der Waals surface area contributed by atoms with E-state index in [4.69, 9.17) is 0 Å². The molecule has 13 heavy (non-hydrogen) atoms. The first-order chi connectivity index (χ1) is 4.84. The molecule has 0 saturated heterocycles. The Bertz CT molecular complexity index is 176. The SMILES string of the molecule is C.C.C.CCC(C)c1ccccc1. The average Bonchev–Trinajstić information content (AvgIpc) is 2.05. The van der Waals surface area contributed by atoms with Crippen molar-refractivity contribution >= 4 is 0 Å². The lowest BCUT2D eigenvalue weighted by atomic mass is 9.99. The van der Waals surface area contributed by atoms with Crippen LogP contribution in [0.4, 0.5) is 0 Å². The molecule has 0 N–H and O–H groups in total. The topological polar surface area (TPSA) is 0 Å². The molecule has 0 saturated carbocycles. The summed E-state index contributed by atoms with van der Waals surface area (Å²) in [5.41, 5.74) is 1.45. The van der Waals surface area contributed by atoms with E-state index in [9.17, 15) is 0 Å². The highest BCUT2D eigenvalue weighted by Gasteiger charge is 1.98. The summed E-state index contributed by atoms with van der Waals surface area (Å²) in [6.07, 6.45) is 1.23. The summed E-state index contributed by atoms with van der Waals surface area (Å²) in [7, 11) is 0. The van der Waals surface area contributed by atoms with Gasteiger partial charge in [-0.1, -0.05) is 66.5 Å². The van der Waals surface area contributed by atoms with Crippen LogP contribution in [0.25, 0.3) is 0 Å². The van der Waals surface area contributed by atoms with Gasteiger partial charge in [-0.2, -0.15) is 0 Å². The molecule has 0 bridgehead atoms. The molecule has 0 aliphatic carbocycles. The average molecular weight is 182 g/mol. The van der Waals surface area contributed by atoms with E-state index in [1.165, 1.54) is 12.0 Å². The van der Waals surface area contributed by atoms with Gasteiger partial charge in [-0.05, 0) is 17.9 Å². The van der Waals surface area contributed by atoms with Crippen molar-refractivity contribution in [3.05, 3.63) is 35.9 Å². The van der Waals surface area contributed by atoms with Crippen molar-refractivity contribution in [3.8, 4) is 0 Å². The van der Waals surface area contributed by atoms with Crippen molar-refractivity contribution in [3.63, 3.8) is 0 Å². The van der Waals surface area contributed by atoms with Crippen molar-refractivity contribution in [2.45, 2.75) is 48.5 Å². The molecule has 0 heterocycles. The van der Waals surface area contributed by atoms with Crippen molar-refractivity contribution in [1.29, 1.82) is 0 Å². The summed E-state index contributed by atoms with van der Waals surface area (Å²) >= 11 is 0. The first kappa shape index (κ1) is 18.1. The zero-order chi connectivity index (χ0) is 7.40. The van der Waals surface area contributed by atoms with Gasteiger partial charge in [-0.25, -0.2) is 0 Å². The molecule has 78 valence electrons. The fourth-order valence-electron chi connectivity index (χ4n) is 1.02. The van der Waals surface area contributed by atoms with Gasteiger partial charge in [0.2, 0.25) is 0 Å².